The molecule has 30 heavy (non-hydrogen) atoms. The van der Waals surface area contributed by atoms with Gasteiger partial charge >= 0.3 is 5.97 Å². The fourth-order valence-electron chi connectivity index (χ4n) is 3.92. The quantitative estimate of drug-likeness (QED) is 0.169. The number of carbonyl (C=O) groups excluding carboxylic acids is 2. The van der Waals surface area contributed by atoms with E-state index in [-0.39, 0.29) is 30.5 Å². The van der Waals surface area contributed by atoms with Gasteiger partial charge in [-0.1, -0.05) is 57.6 Å². The molecule has 0 aromatic carbocycles. The van der Waals surface area contributed by atoms with E-state index in [9.17, 15) is 19.8 Å². The van der Waals surface area contributed by atoms with E-state index >= 15 is 0 Å². The smallest absolute Gasteiger partial charge is 0.306 e. The minimum atomic E-state index is -0.853. The molecule has 7 heteroatoms. The summed E-state index contributed by atoms with van der Waals surface area (Å²) in [5, 5.41) is 38.1. The van der Waals surface area contributed by atoms with Crippen LogP contribution in [0.1, 0.15) is 77.6 Å². The molecule has 0 amide bonds. The van der Waals surface area contributed by atoms with Crippen molar-refractivity contribution in [3.8, 4) is 0 Å². The molecule has 4 atom stereocenters. The number of ketones is 1. The average molecular weight is 429 g/mol. The summed E-state index contributed by atoms with van der Waals surface area (Å²) in [6, 6.07) is 0. The fraction of sp³-hybridized carbons (Fsp3) is 0.826. The lowest BCUT2D eigenvalue weighted by Crippen LogP contribution is -2.25. The van der Waals surface area contributed by atoms with E-state index in [0.29, 0.717) is 12.8 Å². The van der Waals surface area contributed by atoms with Crippen LogP contribution in [0.15, 0.2) is 12.2 Å². The molecule has 0 saturated heterocycles. The van der Waals surface area contributed by atoms with Gasteiger partial charge in [-0.3, -0.25) is 9.59 Å². The number of hydrogen-bond donors (Lipinski definition) is 4. The number of rotatable bonds is 16. The average Bonchev–Trinajstić information content (AvgIpc) is 2.99. The summed E-state index contributed by atoms with van der Waals surface area (Å²) in [6.07, 6.45) is 9.65. The first-order valence-corrected chi connectivity index (χ1v) is 11.4. The molecule has 0 bridgehead atoms. The van der Waals surface area contributed by atoms with Crippen LogP contribution in [-0.4, -0.2) is 63.7 Å². The van der Waals surface area contributed by atoms with Crippen molar-refractivity contribution in [2.24, 2.45) is 11.8 Å². The van der Waals surface area contributed by atoms with Crippen LogP contribution in [0.2, 0.25) is 0 Å². The molecule has 1 fully saturated rings. The monoisotopic (exact) mass is 428 g/mol. The van der Waals surface area contributed by atoms with E-state index in [2.05, 4.69) is 6.92 Å². The molecule has 174 valence electrons. The van der Waals surface area contributed by atoms with Gasteiger partial charge in [0.05, 0.1) is 25.4 Å². The Balaban J connectivity index is 2.31. The summed E-state index contributed by atoms with van der Waals surface area (Å²) in [4.78, 5) is 23.8. The van der Waals surface area contributed by atoms with E-state index in [1.165, 1.54) is 0 Å². The fourth-order valence-corrected chi connectivity index (χ4v) is 3.92. The molecular weight excluding hydrogens is 388 g/mol. The number of hydrogen-bond acceptors (Lipinski definition) is 7. The maximum atomic E-state index is 12.2. The predicted molar refractivity (Wildman–Crippen MR) is 114 cm³/mol. The molecule has 0 heterocycles. The largest absolute Gasteiger partial charge is 0.457 e. The number of aliphatic hydroxyl groups excluding tert-OH is 4. The lowest BCUT2D eigenvalue weighted by Gasteiger charge is -2.19. The van der Waals surface area contributed by atoms with E-state index in [1.807, 2.05) is 0 Å². The van der Waals surface area contributed by atoms with Gasteiger partial charge in [-0.05, 0) is 25.2 Å². The molecule has 0 aromatic heterocycles. The zero-order chi connectivity index (χ0) is 22.4. The first-order chi connectivity index (χ1) is 14.4. The summed E-state index contributed by atoms with van der Waals surface area (Å²) < 4.78 is 4.92. The van der Waals surface area contributed by atoms with E-state index in [1.54, 1.807) is 12.2 Å². The highest BCUT2D eigenvalue weighted by Gasteiger charge is 2.39. The van der Waals surface area contributed by atoms with Crippen LogP contribution in [0.25, 0.3) is 0 Å². The van der Waals surface area contributed by atoms with Gasteiger partial charge in [-0.15, -0.1) is 0 Å². The number of allylic oxidation sites excluding steroid dienone is 1. The molecule has 1 saturated carbocycles. The van der Waals surface area contributed by atoms with Crippen molar-refractivity contribution in [3.63, 3.8) is 0 Å². The predicted octanol–water partition coefficient (Wildman–Crippen LogP) is 2.29. The molecule has 7 nitrogen and oxygen atoms in total. The van der Waals surface area contributed by atoms with Crippen molar-refractivity contribution < 1.29 is 34.8 Å². The highest BCUT2D eigenvalue weighted by molar-refractivity contribution is 5.85. The van der Waals surface area contributed by atoms with Gasteiger partial charge in [0.25, 0.3) is 0 Å². The third kappa shape index (κ3) is 10.2. The first-order valence-electron chi connectivity index (χ1n) is 11.4. The molecular formula is C23H40O7. The van der Waals surface area contributed by atoms with Crippen LogP contribution in [0.3, 0.4) is 0 Å². The highest BCUT2D eigenvalue weighted by Crippen LogP contribution is 2.34. The molecule has 0 aliphatic heterocycles. The van der Waals surface area contributed by atoms with Crippen molar-refractivity contribution in [2.75, 3.05) is 13.2 Å². The van der Waals surface area contributed by atoms with Gasteiger partial charge in [0.15, 0.2) is 0 Å². The zero-order valence-electron chi connectivity index (χ0n) is 18.2. The Bertz CT molecular complexity index is 516. The summed E-state index contributed by atoms with van der Waals surface area (Å²) in [5.74, 6) is -0.835. The van der Waals surface area contributed by atoms with E-state index < -0.39 is 37.5 Å². The van der Waals surface area contributed by atoms with Gasteiger partial charge in [0.2, 0.25) is 0 Å². The zero-order valence-corrected chi connectivity index (χ0v) is 18.2. The molecule has 1 aliphatic rings. The lowest BCUT2D eigenvalue weighted by atomic mass is 9.88. The van der Waals surface area contributed by atoms with Crippen molar-refractivity contribution >= 4 is 11.8 Å². The standard InChI is InChI=1S/C23H40O7/c1-2-3-6-9-17(26)12-13-20-19(21(27)14-22(20)28)10-7-4-5-8-11-23(29)30-18(15-24)16-25/h12-13,17-21,24-27H,2-11,14-16H2,1H3/b13-12+/t17-,19+,20+,21-/m0/s1. The van der Waals surface area contributed by atoms with Crippen molar-refractivity contribution in [1.29, 1.82) is 0 Å². The number of ether oxygens (including phenoxy) is 1. The van der Waals surface area contributed by atoms with Crippen LogP contribution in [0.5, 0.6) is 0 Å². The second-order valence-corrected chi connectivity index (χ2v) is 8.31. The lowest BCUT2D eigenvalue weighted by molar-refractivity contribution is -0.153. The van der Waals surface area contributed by atoms with Gasteiger partial charge in [-0.25, -0.2) is 0 Å². The molecule has 0 radical (unpaired) electrons. The number of aliphatic hydroxyl groups is 4. The van der Waals surface area contributed by atoms with Crippen molar-refractivity contribution in [1.82, 2.24) is 0 Å². The third-order valence-corrected chi connectivity index (χ3v) is 5.76. The van der Waals surface area contributed by atoms with Gasteiger partial charge in [0, 0.05) is 18.8 Å². The van der Waals surface area contributed by atoms with E-state index in [0.717, 1.165) is 44.9 Å². The van der Waals surface area contributed by atoms with Gasteiger partial charge in [-0.2, -0.15) is 0 Å². The van der Waals surface area contributed by atoms with Crippen molar-refractivity contribution in [2.45, 2.75) is 95.9 Å². The molecule has 0 aromatic rings. The van der Waals surface area contributed by atoms with Crippen LogP contribution in [0, 0.1) is 11.8 Å². The second-order valence-electron chi connectivity index (χ2n) is 8.31. The van der Waals surface area contributed by atoms with E-state index in [4.69, 9.17) is 14.9 Å². The Hall–Kier alpha value is -1.28. The minimum absolute atomic E-state index is 0.0366. The summed E-state index contributed by atoms with van der Waals surface area (Å²) >= 11 is 0. The summed E-state index contributed by atoms with van der Waals surface area (Å²) in [6.45, 7) is 1.33. The molecule has 1 aliphatic carbocycles. The van der Waals surface area contributed by atoms with Gasteiger partial charge < -0.3 is 25.2 Å². The number of carbonyl (C=O) groups is 2. The van der Waals surface area contributed by atoms with Crippen LogP contribution in [-0.2, 0) is 14.3 Å². The van der Waals surface area contributed by atoms with Crippen LogP contribution >= 0.6 is 0 Å². The Morgan fingerprint density at radius 1 is 1.13 bits per heavy atom. The molecule has 0 unspecified atom stereocenters. The Morgan fingerprint density at radius 3 is 2.50 bits per heavy atom. The molecule has 0 spiro atoms. The normalized spacial score (nSPS) is 22.9. The topological polar surface area (TPSA) is 124 Å². The van der Waals surface area contributed by atoms with Crippen LogP contribution < -0.4 is 0 Å². The molecule has 4 N–H and O–H groups in total. The van der Waals surface area contributed by atoms with Crippen LogP contribution in [0.4, 0.5) is 0 Å². The highest BCUT2D eigenvalue weighted by atomic mass is 16.6. The minimum Gasteiger partial charge on any atom is -0.457 e. The maximum absolute atomic E-state index is 12.2. The number of unbranched alkanes of at least 4 members (excludes halogenated alkanes) is 5. The van der Waals surface area contributed by atoms with Crippen molar-refractivity contribution in [3.05, 3.63) is 12.2 Å². The Kier molecular flexibility index (Phi) is 13.8. The maximum Gasteiger partial charge on any atom is 0.306 e. The SMILES string of the molecule is CCCCC[C@H](O)/C=C/[C@H]1C(=O)C[C@H](O)[C@@H]1CCCCCCC(=O)OC(CO)CO. The molecule has 1 rings (SSSR count). The second kappa shape index (κ2) is 15.5. The first kappa shape index (κ1) is 26.8. The Labute approximate surface area is 180 Å². The third-order valence-electron chi connectivity index (χ3n) is 5.76. The summed E-state index contributed by atoms with van der Waals surface area (Å²) in [7, 11) is 0. The summed E-state index contributed by atoms with van der Waals surface area (Å²) in [5.41, 5.74) is 0. The number of esters is 1. The Morgan fingerprint density at radius 2 is 1.83 bits per heavy atom. The van der Waals surface area contributed by atoms with Gasteiger partial charge in [0.1, 0.15) is 11.9 Å². The number of Topliss-reactive ketones (excluding diaryl/α,β-unsaturated/α-hetero) is 1.